The molecule has 2 N–H and O–H groups in total. The van der Waals surface area contributed by atoms with Crippen molar-refractivity contribution in [3.8, 4) is 16.3 Å². The first-order chi connectivity index (χ1) is 15.5. The molecule has 4 aromatic rings. The number of pyridine rings is 1. The maximum Gasteiger partial charge on any atom is 0.144 e. The first kappa shape index (κ1) is 21.1. The van der Waals surface area contributed by atoms with Crippen molar-refractivity contribution in [1.29, 1.82) is 0 Å². The number of hydrogen-bond donors (Lipinski definition) is 2. The molecule has 5 rings (SSSR count). The maximum atomic E-state index is 9.58. The van der Waals surface area contributed by atoms with Gasteiger partial charge in [-0.3, -0.25) is 0 Å². The Morgan fingerprint density at radius 2 is 1.75 bits per heavy atom. The number of hydrogen-bond acceptors (Lipinski definition) is 6. The summed E-state index contributed by atoms with van der Waals surface area (Å²) in [5.41, 5.74) is 6.40. The summed E-state index contributed by atoms with van der Waals surface area (Å²) in [7, 11) is 0. The van der Waals surface area contributed by atoms with Crippen LogP contribution in [0.1, 0.15) is 35.2 Å². The number of nitrogens with zero attached hydrogens (tertiary/aromatic N) is 2. The number of aromatic nitrogens is 2. The molecule has 2 aromatic heterocycles. The summed E-state index contributed by atoms with van der Waals surface area (Å²) < 4.78 is 5.73. The minimum atomic E-state index is -0.886. The summed E-state index contributed by atoms with van der Waals surface area (Å²) in [6.07, 6.45) is 1.38. The standard InChI is InChI=1S/C26H26N2O3S/c1-16-12-18(13-17(2)23(16)31-15-20(30)14-29)24-27-21-8-9-22(28-25(21)32-24)26(10-11-26)19-6-4-3-5-7-19/h3-9,12-13,20,29-30H,10-11,14-15H2,1-2H3/t20-/m0/s1. The van der Waals surface area contributed by atoms with E-state index >= 15 is 0 Å². The summed E-state index contributed by atoms with van der Waals surface area (Å²) in [5.74, 6) is 0.737. The van der Waals surface area contributed by atoms with Crippen molar-refractivity contribution in [1.82, 2.24) is 9.97 Å². The Balaban J connectivity index is 1.46. The third-order valence-corrected chi connectivity index (χ3v) is 7.17. The molecule has 1 saturated carbocycles. The molecule has 2 heterocycles. The lowest BCUT2D eigenvalue weighted by Crippen LogP contribution is -2.21. The normalized spacial score (nSPS) is 15.6. The van der Waals surface area contributed by atoms with Crippen molar-refractivity contribution in [2.24, 2.45) is 0 Å². The van der Waals surface area contributed by atoms with E-state index in [0.717, 1.165) is 56.3 Å². The molecule has 6 heteroatoms. The van der Waals surface area contributed by atoms with Gasteiger partial charge in [0.1, 0.15) is 33.8 Å². The van der Waals surface area contributed by atoms with Crippen LogP contribution in [0.25, 0.3) is 20.9 Å². The van der Waals surface area contributed by atoms with E-state index in [1.165, 1.54) is 5.56 Å². The van der Waals surface area contributed by atoms with E-state index in [1.807, 2.05) is 13.8 Å². The first-order valence-corrected chi connectivity index (χ1v) is 11.7. The van der Waals surface area contributed by atoms with E-state index in [-0.39, 0.29) is 18.6 Å². The topological polar surface area (TPSA) is 75.5 Å². The molecule has 0 aliphatic heterocycles. The van der Waals surface area contributed by atoms with Gasteiger partial charge in [0.25, 0.3) is 0 Å². The largest absolute Gasteiger partial charge is 0.490 e. The summed E-state index contributed by atoms with van der Waals surface area (Å²) in [6.45, 7) is 3.71. The number of aliphatic hydroxyl groups is 2. The van der Waals surface area contributed by atoms with Crippen molar-refractivity contribution < 1.29 is 14.9 Å². The van der Waals surface area contributed by atoms with Crippen LogP contribution in [0.15, 0.2) is 54.6 Å². The molecule has 1 atom stereocenters. The summed E-state index contributed by atoms with van der Waals surface area (Å²) in [5, 5.41) is 19.5. The Morgan fingerprint density at radius 3 is 2.41 bits per heavy atom. The molecular weight excluding hydrogens is 420 g/mol. The van der Waals surface area contributed by atoms with E-state index in [0.29, 0.717) is 0 Å². The molecule has 0 bridgehead atoms. The monoisotopic (exact) mass is 446 g/mol. The molecule has 1 aliphatic rings. The van der Waals surface area contributed by atoms with E-state index in [2.05, 4.69) is 54.6 Å². The van der Waals surface area contributed by atoms with Gasteiger partial charge < -0.3 is 14.9 Å². The third-order valence-electron chi connectivity index (χ3n) is 6.16. The van der Waals surface area contributed by atoms with Gasteiger partial charge in [-0.05, 0) is 67.6 Å². The van der Waals surface area contributed by atoms with Crippen LogP contribution in [0.4, 0.5) is 0 Å². The highest BCUT2D eigenvalue weighted by molar-refractivity contribution is 7.21. The van der Waals surface area contributed by atoms with Crippen molar-refractivity contribution in [2.45, 2.75) is 38.2 Å². The SMILES string of the molecule is Cc1cc(-c2nc3ccc(C4(c5ccccc5)CC4)nc3s2)cc(C)c1OC[C@@H](O)CO. The zero-order valence-electron chi connectivity index (χ0n) is 18.2. The van der Waals surface area contributed by atoms with Crippen LogP contribution < -0.4 is 4.74 Å². The Bertz CT molecular complexity index is 1240. The van der Waals surface area contributed by atoms with Crippen LogP contribution in [0.3, 0.4) is 0 Å². The molecule has 1 fully saturated rings. The fraction of sp³-hybridized carbons (Fsp3) is 0.308. The van der Waals surface area contributed by atoms with Crippen molar-refractivity contribution >= 4 is 21.7 Å². The number of aryl methyl sites for hydroxylation is 2. The Morgan fingerprint density at radius 1 is 1.03 bits per heavy atom. The minimum absolute atomic E-state index is 0.0465. The fourth-order valence-corrected chi connectivity index (χ4v) is 5.24. The van der Waals surface area contributed by atoms with E-state index in [9.17, 15) is 5.11 Å². The lowest BCUT2D eigenvalue weighted by atomic mass is 9.92. The van der Waals surface area contributed by atoms with Gasteiger partial charge in [-0.1, -0.05) is 41.7 Å². The van der Waals surface area contributed by atoms with Gasteiger partial charge in [0, 0.05) is 11.0 Å². The lowest BCUT2D eigenvalue weighted by molar-refractivity contribution is 0.0532. The lowest BCUT2D eigenvalue weighted by Gasteiger charge is -2.15. The number of rotatable bonds is 7. The van der Waals surface area contributed by atoms with Crippen LogP contribution in [0, 0.1) is 13.8 Å². The van der Waals surface area contributed by atoms with Gasteiger partial charge in [0.15, 0.2) is 0 Å². The predicted octanol–water partition coefficient (Wildman–Crippen LogP) is 4.79. The molecule has 32 heavy (non-hydrogen) atoms. The third kappa shape index (κ3) is 3.79. The molecule has 0 unspecified atom stereocenters. The number of thiazole rings is 1. The van der Waals surface area contributed by atoms with Crippen LogP contribution in [-0.2, 0) is 5.41 Å². The van der Waals surface area contributed by atoms with E-state index in [1.54, 1.807) is 11.3 Å². The van der Waals surface area contributed by atoms with Crippen molar-refractivity contribution in [2.75, 3.05) is 13.2 Å². The van der Waals surface area contributed by atoms with Crippen LogP contribution in [0.5, 0.6) is 5.75 Å². The van der Waals surface area contributed by atoms with E-state index < -0.39 is 6.10 Å². The van der Waals surface area contributed by atoms with Gasteiger partial charge in [0.2, 0.25) is 0 Å². The molecule has 0 amide bonds. The second-order valence-corrected chi connectivity index (χ2v) is 9.55. The highest BCUT2D eigenvalue weighted by Crippen LogP contribution is 2.53. The highest BCUT2D eigenvalue weighted by atomic mass is 32.1. The van der Waals surface area contributed by atoms with Gasteiger partial charge in [0.05, 0.1) is 12.3 Å². The second kappa shape index (κ2) is 8.28. The van der Waals surface area contributed by atoms with Crippen molar-refractivity contribution in [3.05, 3.63) is 77.0 Å². The van der Waals surface area contributed by atoms with E-state index in [4.69, 9.17) is 19.8 Å². The quantitative estimate of drug-likeness (QED) is 0.427. The summed E-state index contributed by atoms with van der Waals surface area (Å²) >= 11 is 1.61. The second-order valence-electron chi connectivity index (χ2n) is 8.57. The van der Waals surface area contributed by atoms with Gasteiger partial charge in [-0.2, -0.15) is 0 Å². The van der Waals surface area contributed by atoms with Crippen LogP contribution in [0.2, 0.25) is 0 Å². The Hall–Kier alpha value is -2.80. The number of aliphatic hydroxyl groups excluding tert-OH is 2. The average Bonchev–Trinajstić information content (AvgIpc) is 3.51. The molecule has 1 aliphatic carbocycles. The smallest absolute Gasteiger partial charge is 0.144 e. The number of fused-ring (bicyclic) bond motifs is 1. The van der Waals surface area contributed by atoms with Crippen LogP contribution >= 0.6 is 11.3 Å². The average molecular weight is 447 g/mol. The zero-order chi connectivity index (χ0) is 22.3. The molecule has 0 radical (unpaired) electrons. The zero-order valence-corrected chi connectivity index (χ0v) is 19.0. The van der Waals surface area contributed by atoms with Gasteiger partial charge in [-0.25, -0.2) is 9.97 Å². The highest BCUT2D eigenvalue weighted by Gasteiger charge is 2.47. The molecule has 0 saturated heterocycles. The molecule has 2 aromatic carbocycles. The Kier molecular flexibility index (Phi) is 5.45. The maximum absolute atomic E-state index is 9.58. The van der Waals surface area contributed by atoms with Crippen molar-refractivity contribution in [3.63, 3.8) is 0 Å². The Labute approximate surface area is 191 Å². The predicted molar refractivity (Wildman–Crippen MR) is 127 cm³/mol. The molecule has 164 valence electrons. The van der Waals surface area contributed by atoms with Gasteiger partial charge in [-0.15, -0.1) is 0 Å². The molecule has 5 nitrogen and oxygen atoms in total. The van der Waals surface area contributed by atoms with Gasteiger partial charge >= 0.3 is 0 Å². The number of benzene rings is 2. The van der Waals surface area contributed by atoms with Crippen LogP contribution in [-0.4, -0.2) is 39.5 Å². The fourth-order valence-electron chi connectivity index (χ4n) is 4.32. The first-order valence-electron chi connectivity index (χ1n) is 10.9. The number of ether oxygens (including phenoxy) is 1. The minimum Gasteiger partial charge on any atom is -0.490 e. The summed E-state index contributed by atoms with van der Waals surface area (Å²) in [6, 6.07) is 19.0. The summed E-state index contributed by atoms with van der Waals surface area (Å²) in [4.78, 5) is 10.8. The molecule has 0 spiro atoms. The molecular formula is C26H26N2O3S.